The van der Waals surface area contributed by atoms with Gasteiger partial charge in [0.05, 0.1) is 0 Å². The molecule has 1 fully saturated rings. The number of fused-ring (bicyclic) bond motifs is 1. The number of piperidine rings is 1. The van der Waals surface area contributed by atoms with Crippen LogP contribution in [0.25, 0.3) is 10.8 Å². The Hall–Kier alpha value is -1.38. The maximum atomic E-state index is 5.91. The third-order valence-electron chi connectivity index (χ3n) is 5.13. The van der Waals surface area contributed by atoms with Crippen molar-refractivity contribution in [2.75, 3.05) is 13.1 Å². The lowest BCUT2D eigenvalue weighted by Crippen LogP contribution is -2.45. The molecule has 21 heavy (non-hydrogen) atoms. The van der Waals surface area contributed by atoms with E-state index in [-0.39, 0.29) is 0 Å². The Bertz CT molecular complexity index is 602. The van der Waals surface area contributed by atoms with E-state index in [1.165, 1.54) is 29.2 Å². The predicted molar refractivity (Wildman–Crippen MR) is 90.3 cm³/mol. The molecule has 0 aliphatic carbocycles. The smallest absolute Gasteiger partial charge is 0.0328 e. The summed E-state index contributed by atoms with van der Waals surface area (Å²) in [5.74, 6) is 0.652. The van der Waals surface area contributed by atoms with Crippen molar-refractivity contribution in [3.05, 3.63) is 48.0 Å². The van der Waals surface area contributed by atoms with E-state index in [0.717, 1.165) is 13.1 Å². The Morgan fingerprint density at radius 3 is 2.71 bits per heavy atom. The fourth-order valence-electron chi connectivity index (χ4n) is 3.74. The first-order valence-electron chi connectivity index (χ1n) is 8.14. The summed E-state index contributed by atoms with van der Waals surface area (Å²) in [6.45, 7) is 6.64. The van der Waals surface area contributed by atoms with Crippen LogP contribution in [-0.2, 0) is 0 Å². The third-order valence-corrected chi connectivity index (χ3v) is 5.13. The predicted octanol–water partition coefficient (Wildman–Crippen LogP) is 3.96. The zero-order valence-electron chi connectivity index (χ0n) is 13.1. The summed E-state index contributed by atoms with van der Waals surface area (Å²) in [6, 6.07) is 16.5. The van der Waals surface area contributed by atoms with E-state index >= 15 is 0 Å². The Labute approximate surface area is 127 Å². The number of hydrogen-bond donors (Lipinski definition) is 1. The maximum Gasteiger partial charge on any atom is 0.0328 e. The molecule has 0 aromatic heterocycles. The van der Waals surface area contributed by atoms with E-state index in [1.807, 2.05) is 0 Å². The number of nitrogens with two attached hydrogens (primary N) is 1. The van der Waals surface area contributed by atoms with Gasteiger partial charge in [-0.25, -0.2) is 0 Å². The highest BCUT2D eigenvalue weighted by Gasteiger charge is 2.29. The fourth-order valence-corrected chi connectivity index (χ4v) is 3.74. The van der Waals surface area contributed by atoms with Crippen LogP contribution < -0.4 is 5.73 Å². The zero-order chi connectivity index (χ0) is 14.8. The number of rotatable bonds is 3. The van der Waals surface area contributed by atoms with Gasteiger partial charge in [0.25, 0.3) is 0 Å². The van der Waals surface area contributed by atoms with Crippen molar-refractivity contribution >= 4 is 10.8 Å². The summed E-state index contributed by atoms with van der Waals surface area (Å²) in [4.78, 5) is 2.64. The molecule has 0 spiro atoms. The van der Waals surface area contributed by atoms with E-state index in [2.05, 4.69) is 61.2 Å². The van der Waals surface area contributed by atoms with Gasteiger partial charge in [0.2, 0.25) is 0 Å². The largest absolute Gasteiger partial charge is 0.330 e. The van der Waals surface area contributed by atoms with E-state index < -0.39 is 0 Å². The van der Waals surface area contributed by atoms with Gasteiger partial charge < -0.3 is 5.73 Å². The number of nitrogens with zero attached hydrogens (tertiary/aromatic N) is 1. The molecule has 2 nitrogen and oxygen atoms in total. The van der Waals surface area contributed by atoms with Crippen LogP contribution in [0.3, 0.4) is 0 Å². The number of benzene rings is 2. The first-order valence-corrected chi connectivity index (χ1v) is 8.14. The van der Waals surface area contributed by atoms with Gasteiger partial charge in [-0.15, -0.1) is 0 Å². The monoisotopic (exact) mass is 282 g/mol. The minimum atomic E-state index is 0.445. The zero-order valence-corrected chi connectivity index (χ0v) is 13.1. The van der Waals surface area contributed by atoms with Gasteiger partial charge in [-0.1, -0.05) is 42.5 Å². The van der Waals surface area contributed by atoms with Crippen LogP contribution in [0.1, 0.15) is 38.3 Å². The van der Waals surface area contributed by atoms with Gasteiger partial charge in [-0.3, -0.25) is 4.90 Å². The molecular weight excluding hydrogens is 256 g/mol. The molecule has 3 atom stereocenters. The molecule has 2 aromatic carbocycles. The summed E-state index contributed by atoms with van der Waals surface area (Å²) >= 11 is 0. The second-order valence-corrected chi connectivity index (χ2v) is 6.47. The van der Waals surface area contributed by atoms with Crippen LogP contribution in [0.5, 0.6) is 0 Å². The van der Waals surface area contributed by atoms with Crippen LogP contribution in [0.15, 0.2) is 42.5 Å². The van der Waals surface area contributed by atoms with Gasteiger partial charge in [0.1, 0.15) is 0 Å². The van der Waals surface area contributed by atoms with Crippen LogP contribution >= 0.6 is 0 Å². The van der Waals surface area contributed by atoms with E-state index in [0.29, 0.717) is 18.0 Å². The summed E-state index contributed by atoms with van der Waals surface area (Å²) in [6.07, 6.45) is 2.54. The Balaban J connectivity index is 1.94. The first kappa shape index (κ1) is 14.6. The summed E-state index contributed by atoms with van der Waals surface area (Å²) in [7, 11) is 0. The van der Waals surface area contributed by atoms with Gasteiger partial charge in [-0.05, 0) is 55.5 Å². The SMILES string of the molecule is CC1CCC(CN)CN1C(C)c1cccc2ccccc12. The summed E-state index contributed by atoms with van der Waals surface area (Å²) in [5, 5.41) is 2.72. The lowest BCUT2D eigenvalue weighted by molar-refractivity contribution is 0.0818. The van der Waals surface area contributed by atoms with Crippen molar-refractivity contribution in [2.45, 2.75) is 38.8 Å². The van der Waals surface area contributed by atoms with Gasteiger partial charge in [0, 0.05) is 18.6 Å². The van der Waals surface area contributed by atoms with Crippen molar-refractivity contribution in [3.63, 3.8) is 0 Å². The maximum absolute atomic E-state index is 5.91. The van der Waals surface area contributed by atoms with E-state index in [9.17, 15) is 0 Å². The van der Waals surface area contributed by atoms with Gasteiger partial charge in [0.15, 0.2) is 0 Å². The Kier molecular flexibility index (Phi) is 4.27. The molecule has 0 amide bonds. The molecule has 2 N–H and O–H groups in total. The highest BCUT2D eigenvalue weighted by Crippen LogP contribution is 2.33. The average molecular weight is 282 g/mol. The van der Waals surface area contributed by atoms with E-state index in [1.54, 1.807) is 0 Å². The van der Waals surface area contributed by atoms with Crippen molar-refractivity contribution in [2.24, 2.45) is 11.7 Å². The second kappa shape index (κ2) is 6.17. The van der Waals surface area contributed by atoms with Crippen molar-refractivity contribution < 1.29 is 0 Å². The normalized spacial score (nSPS) is 25.1. The lowest BCUT2D eigenvalue weighted by atomic mass is 9.90. The molecular formula is C19H26N2. The van der Waals surface area contributed by atoms with Crippen molar-refractivity contribution in [3.8, 4) is 0 Å². The highest BCUT2D eigenvalue weighted by atomic mass is 15.2. The molecule has 1 heterocycles. The molecule has 3 rings (SSSR count). The number of likely N-dealkylation sites (tertiary alicyclic amines) is 1. The van der Waals surface area contributed by atoms with E-state index in [4.69, 9.17) is 5.73 Å². The van der Waals surface area contributed by atoms with Crippen LogP contribution in [0.4, 0.5) is 0 Å². The van der Waals surface area contributed by atoms with Crippen molar-refractivity contribution in [1.82, 2.24) is 4.90 Å². The average Bonchev–Trinajstić information content (AvgIpc) is 2.54. The molecule has 3 unspecified atom stereocenters. The molecule has 0 radical (unpaired) electrons. The molecule has 1 aliphatic rings. The molecule has 0 saturated carbocycles. The van der Waals surface area contributed by atoms with Crippen LogP contribution in [-0.4, -0.2) is 24.0 Å². The molecule has 0 bridgehead atoms. The molecule has 2 heteroatoms. The molecule has 1 saturated heterocycles. The molecule has 112 valence electrons. The summed E-state index contributed by atoms with van der Waals surface area (Å²) in [5.41, 5.74) is 7.36. The summed E-state index contributed by atoms with van der Waals surface area (Å²) < 4.78 is 0. The standard InChI is InChI=1S/C19H26N2/c1-14-10-11-16(12-20)13-21(14)15(2)18-9-5-7-17-6-3-4-8-19(17)18/h3-9,14-16H,10-13,20H2,1-2H3. The Morgan fingerprint density at radius 1 is 1.14 bits per heavy atom. The van der Waals surface area contributed by atoms with Crippen LogP contribution in [0, 0.1) is 5.92 Å². The quantitative estimate of drug-likeness (QED) is 0.923. The van der Waals surface area contributed by atoms with Gasteiger partial charge >= 0.3 is 0 Å². The fraction of sp³-hybridized carbons (Fsp3) is 0.474. The van der Waals surface area contributed by atoms with Crippen molar-refractivity contribution in [1.29, 1.82) is 0 Å². The minimum absolute atomic E-state index is 0.445. The van der Waals surface area contributed by atoms with Crippen LogP contribution in [0.2, 0.25) is 0 Å². The van der Waals surface area contributed by atoms with Gasteiger partial charge in [-0.2, -0.15) is 0 Å². The Morgan fingerprint density at radius 2 is 1.90 bits per heavy atom. The topological polar surface area (TPSA) is 29.3 Å². The second-order valence-electron chi connectivity index (χ2n) is 6.47. The lowest BCUT2D eigenvalue weighted by Gasteiger charge is -2.42. The molecule has 2 aromatic rings. The highest BCUT2D eigenvalue weighted by molar-refractivity contribution is 5.86. The number of hydrogen-bond acceptors (Lipinski definition) is 2. The molecule has 1 aliphatic heterocycles. The minimum Gasteiger partial charge on any atom is -0.330 e. The third kappa shape index (κ3) is 2.83. The first-order chi connectivity index (χ1) is 10.2.